The molecule has 146 valence electrons. The number of aromatic nitrogens is 5. The van der Waals surface area contributed by atoms with Gasteiger partial charge in [0.1, 0.15) is 11.6 Å². The molecule has 1 amide bonds. The van der Waals surface area contributed by atoms with E-state index >= 15 is 0 Å². The smallest absolute Gasteiger partial charge is 0.298 e. The molecule has 0 saturated heterocycles. The average molecular weight is 406 g/mol. The zero-order valence-corrected chi connectivity index (χ0v) is 16.6. The summed E-state index contributed by atoms with van der Waals surface area (Å²) in [7, 11) is 1.62. The van der Waals surface area contributed by atoms with Crippen molar-refractivity contribution in [3.05, 3.63) is 59.9 Å². The Morgan fingerprint density at radius 3 is 3.03 bits per heavy atom. The molecule has 4 aromatic rings. The molecule has 0 bridgehead atoms. The maximum atomic E-state index is 13.5. The van der Waals surface area contributed by atoms with Crippen LogP contribution in [0.5, 0.6) is 5.75 Å². The van der Waals surface area contributed by atoms with Gasteiger partial charge < -0.3 is 9.30 Å². The predicted octanol–water partition coefficient (Wildman–Crippen LogP) is 3.08. The van der Waals surface area contributed by atoms with Crippen molar-refractivity contribution in [2.45, 2.75) is 25.9 Å². The molecule has 0 spiro atoms. The molecule has 0 radical (unpaired) electrons. The third kappa shape index (κ3) is 3.23. The first-order valence-corrected chi connectivity index (χ1v) is 10.1. The molecule has 8 nitrogen and oxygen atoms in total. The van der Waals surface area contributed by atoms with Gasteiger partial charge >= 0.3 is 0 Å². The van der Waals surface area contributed by atoms with E-state index in [9.17, 15) is 4.79 Å². The average Bonchev–Trinajstić information content (AvgIpc) is 3.46. The number of amides is 1. The van der Waals surface area contributed by atoms with Crippen molar-refractivity contribution in [1.82, 2.24) is 24.7 Å². The van der Waals surface area contributed by atoms with E-state index in [2.05, 4.69) is 15.2 Å². The maximum Gasteiger partial charge on any atom is 0.298 e. The van der Waals surface area contributed by atoms with Crippen LogP contribution >= 0.6 is 11.3 Å². The molecule has 0 fully saturated rings. The Kier molecular flexibility index (Phi) is 4.44. The Labute approximate surface area is 170 Å². The molecule has 0 unspecified atom stereocenters. The van der Waals surface area contributed by atoms with E-state index in [1.54, 1.807) is 18.2 Å². The van der Waals surface area contributed by atoms with E-state index in [4.69, 9.17) is 9.72 Å². The van der Waals surface area contributed by atoms with Gasteiger partial charge in [-0.25, -0.2) is 4.98 Å². The van der Waals surface area contributed by atoms with Gasteiger partial charge in [0.2, 0.25) is 5.82 Å². The molecule has 3 aromatic heterocycles. The summed E-state index contributed by atoms with van der Waals surface area (Å²) in [6, 6.07) is 11.4. The number of carbonyl (C=O) groups excluding carboxylic acids is 1. The quantitative estimate of drug-likeness (QED) is 0.506. The number of rotatable bonds is 5. The molecule has 5 rings (SSSR count). The molecule has 0 saturated carbocycles. The molecule has 0 atom stereocenters. The summed E-state index contributed by atoms with van der Waals surface area (Å²) in [6.45, 7) is 1.07. The fraction of sp³-hybridized carbons (Fsp3) is 0.250. The number of methoxy groups -OCH3 is 1. The first-order chi connectivity index (χ1) is 14.2. The number of anilines is 1. The Morgan fingerprint density at radius 2 is 2.21 bits per heavy atom. The topological polar surface area (TPSA) is 86.0 Å². The summed E-state index contributed by atoms with van der Waals surface area (Å²) in [5.41, 5.74) is 1.56. The summed E-state index contributed by atoms with van der Waals surface area (Å²) >= 11 is 1.46. The molecular weight excluding hydrogens is 388 g/mol. The van der Waals surface area contributed by atoms with Crippen molar-refractivity contribution in [3.63, 3.8) is 0 Å². The summed E-state index contributed by atoms with van der Waals surface area (Å²) < 4.78 is 8.18. The molecule has 1 aliphatic rings. The molecule has 1 aliphatic heterocycles. The zero-order valence-electron chi connectivity index (χ0n) is 15.8. The predicted molar refractivity (Wildman–Crippen MR) is 109 cm³/mol. The van der Waals surface area contributed by atoms with Gasteiger partial charge in [-0.2, -0.15) is 0 Å². The van der Waals surface area contributed by atoms with E-state index in [-0.39, 0.29) is 5.91 Å². The van der Waals surface area contributed by atoms with Crippen LogP contribution in [0.4, 0.5) is 5.13 Å². The standard InChI is InChI=1S/C20H18N6O2S/c1-28-14-7-8-16-15(11-14)22-20(29-16)26(12-13-5-2-3-9-21-13)19(27)18-24-23-17-6-4-10-25(17)18/h2-3,5,7-9,11H,4,6,10,12H2,1H3. The van der Waals surface area contributed by atoms with Crippen LogP contribution < -0.4 is 9.64 Å². The Morgan fingerprint density at radius 1 is 1.28 bits per heavy atom. The minimum atomic E-state index is -0.220. The highest BCUT2D eigenvalue weighted by molar-refractivity contribution is 7.22. The van der Waals surface area contributed by atoms with Crippen molar-refractivity contribution < 1.29 is 9.53 Å². The van der Waals surface area contributed by atoms with Gasteiger partial charge in [0.15, 0.2) is 5.13 Å². The van der Waals surface area contributed by atoms with Crippen LogP contribution in [0.3, 0.4) is 0 Å². The number of pyridine rings is 1. The number of hydrogen-bond acceptors (Lipinski definition) is 7. The van der Waals surface area contributed by atoms with Crippen molar-refractivity contribution >= 4 is 32.6 Å². The number of fused-ring (bicyclic) bond motifs is 2. The highest BCUT2D eigenvalue weighted by atomic mass is 32.1. The van der Waals surface area contributed by atoms with Gasteiger partial charge in [0.05, 0.1) is 29.6 Å². The third-order valence-electron chi connectivity index (χ3n) is 4.91. The highest BCUT2D eigenvalue weighted by Gasteiger charge is 2.29. The summed E-state index contributed by atoms with van der Waals surface area (Å²) in [4.78, 5) is 24.2. The van der Waals surface area contributed by atoms with Crippen LogP contribution in [-0.2, 0) is 19.5 Å². The van der Waals surface area contributed by atoms with Gasteiger partial charge in [0, 0.05) is 25.2 Å². The fourth-order valence-electron chi connectivity index (χ4n) is 3.45. The summed E-state index contributed by atoms with van der Waals surface area (Å²) in [5.74, 6) is 1.72. The van der Waals surface area contributed by atoms with Gasteiger partial charge in [0.25, 0.3) is 5.91 Å². The number of ether oxygens (including phenoxy) is 1. The minimum absolute atomic E-state index is 0.220. The first kappa shape index (κ1) is 17.7. The monoisotopic (exact) mass is 406 g/mol. The normalized spacial score (nSPS) is 12.9. The number of thiazole rings is 1. The number of aryl methyl sites for hydroxylation is 1. The Hall–Kier alpha value is -3.33. The number of carbonyl (C=O) groups is 1. The van der Waals surface area contributed by atoms with Crippen molar-refractivity contribution in [1.29, 1.82) is 0 Å². The lowest BCUT2D eigenvalue weighted by Gasteiger charge is -2.19. The van der Waals surface area contributed by atoms with E-state index in [0.717, 1.165) is 46.9 Å². The van der Waals surface area contributed by atoms with Crippen LogP contribution in [0.2, 0.25) is 0 Å². The molecule has 4 heterocycles. The van der Waals surface area contributed by atoms with Gasteiger partial charge in [-0.15, -0.1) is 10.2 Å². The molecule has 1 aromatic carbocycles. The summed E-state index contributed by atoms with van der Waals surface area (Å²) in [5, 5.41) is 8.94. The Balaban J connectivity index is 1.57. The second-order valence-electron chi connectivity index (χ2n) is 6.74. The van der Waals surface area contributed by atoms with Crippen molar-refractivity contribution in [2.75, 3.05) is 12.0 Å². The van der Waals surface area contributed by atoms with Gasteiger partial charge in [-0.05, 0) is 30.7 Å². The number of nitrogens with zero attached hydrogens (tertiary/aromatic N) is 6. The molecule has 29 heavy (non-hydrogen) atoms. The van der Waals surface area contributed by atoms with Crippen LogP contribution in [0, 0.1) is 0 Å². The van der Waals surface area contributed by atoms with E-state index in [1.807, 2.05) is 41.0 Å². The van der Waals surface area contributed by atoms with Crippen molar-refractivity contribution in [3.8, 4) is 5.75 Å². The largest absolute Gasteiger partial charge is 0.497 e. The van der Waals surface area contributed by atoms with Gasteiger partial charge in [-0.1, -0.05) is 17.4 Å². The first-order valence-electron chi connectivity index (χ1n) is 9.31. The van der Waals surface area contributed by atoms with E-state index in [0.29, 0.717) is 17.5 Å². The fourth-order valence-corrected chi connectivity index (χ4v) is 4.39. The lowest BCUT2D eigenvalue weighted by Crippen LogP contribution is -2.33. The molecular formula is C20H18N6O2S. The van der Waals surface area contributed by atoms with Crippen LogP contribution in [-0.4, -0.2) is 37.7 Å². The van der Waals surface area contributed by atoms with E-state index < -0.39 is 0 Å². The Bertz CT molecular complexity index is 1190. The molecule has 0 aliphatic carbocycles. The SMILES string of the molecule is COc1ccc2sc(N(Cc3ccccn3)C(=O)c3nnc4n3CCC4)nc2c1. The summed E-state index contributed by atoms with van der Waals surface area (Å²) in [6.07, 6.45) is 3.55. The second kappa shape index (κ2) is 7.25. The number of hydrogen-bond donors (Lipinski definition) is 0. The van der Waals surface area contributed by atoms with E-state index in [1.165, 1.54) is 11.3 Å². The number of benzene rings is 1. The van der Waals surface area contributed by atoms with Crippen LogP contribution in [0.25, 0.3) is 10.2 Å². The lowest BCUT2D eigenvalue weighted by atomic mass is 10.3. The third-order valence-corrected chi connectivity index (χ3v) is 5.97. The maximum absolute atomic E-state index is 13.5. The lowest BCUT2D eigenvalue weighted by molar-refractivity contribution is 0.0970. The van der Waals surface area contributed by atoms with Gasteiger partial charge in [-0.3, -0.25) is 14.7 Å². The highest BCUT2D eigenvalue weighted by Crippen LogP contribution is 2.32. The molecule has 9 heteroatoms. The van der Waals surface area contributed by atoms with Crippen LogP contribution in [0.1, 0.15) is 28.6 Å². The second-order valence-corrected chi connectivity index (χ2v) is 7.75. The molecule has 0 N–H and O–H groups in total. The minimum Gasteiger partial charge on any atom is -0.497 e. The zero-order chi connectivity index (χ0) is 19.8. The van der Waals surface area contributed by atoms with Crippen LogP contribution in [0.15, 0.2) is 42.6 Å². The van der Waals surface area contributed by atoms with Crippen molar-refractivity contribution in [2.24, 2.45) is 0 Å².